The highest BCUT2D eigenvalue weighted by Gasteiger charge is 2.30. The molecule has 3 heterocycles. The van der Waals surface area contributed by atoms with Gasteiger partial charge in [0.15, 0.2) is 9.84 Å². The van der Waals surface area contributed by atoms with Crippen molar-refractivity contribution in [2.75, 3.05) is 49.3 Å². The van der Waals surface area contributed by atoms with E-state index in [9.17, 15) is 8.42 Å². The van der Waals surface area contributed by atoms with Gasteiger partial charge in [-0.2, -0.15) is 0 Å². The average molecular weight is 440 g/mol. The van der Waals surface area contributed by atoms with Crippen LogP contribution in [0.3, 0.4) is 0 Å². The van der Waals surface area contributed by atoms with Crippen LogP contribution in [-0.2, 0) is 9.84 Å². The second kappa shape index (κ2) is 7.84. The van der Waals surface area contributed by atoms with Gasteiger partial charge in [0.1, 0.15) is 11.5 Å². The fourth-order valence-corrected chi connectivity index (χ4v) is 5.27. The molecule has 0 unspecified atom stereocenters. The molecule has 1 N–H and O–H groups in total. The highest BCUT2D eigenvalue weighted by Crippen LogP contribution is 2.35. The Morgan fingerprint density at radius 1 is 0.935 bits per heavy atom. The standard InChI is InChI=1S/C23H29N5O2S/c1-24-18-15-20(16-18)28-10-9-17-3-8-22(25-23(17)28)27-13-11-26(12-14-27)19-4-6-21(7-5-19)31(2,29)30/h3-10,18,20,24H,11-16H2,1-2H3/t18-,20+. The number of aromatic nitrogens is 2. The summed E-state index contributed by atoms with van der Waals surface area (Å²) >= 11 is 0. The predicted octanol–water partition coefficient (Wildman–Crippen LogP) is 2.69. The summed E-state index contributed by atoms with van der Waals surface area (Å²) in [7, 11) is -1.13. The smallest absolute Gasteiger partial charge is 0.175 e. The van der Waals surface area contributed by atoms with E-state index in [1.54, 1.807) is 12.1 Å². The first-order chi connectivity index (χ1) is 14.9. The average Bonchev–Trinajstić information content (AvgIpc) is 3.16. The monoisotopic (exact) mass is 439 g/mol. The van der Waals surface area contributed by atoms with Crippen LogP contribution in [0.2, 0.25) is 0 Å². The normalized spacial score (nSPS) is 22.0. The second-order valence-corrected chi connectivity index (χ2v) is 10.7. The molecule has 2 fully saturated rings. The summed E-state index contributed by atoms with van der Waals surface area (Å²) in [5.74, 6) is 1.03. The molecule has 5 rings (SSSR count). The molecule has 0 spiro atoms. The first kappa shape index (κ1) is 20.3. The Morgan fingerprint density at radius 3 is 2.26 bits per heavy atom. The van der Waals surface area contributed by atoms with Crippen molar-refractivity contribution in [1.82, 2.24) is 14.9 Å². The van der Waals surface area contributed by atoms with Gasteiger partial charge in [-0.3, -0.25) is 0 Å². The van der Waals surface area contributed by atoms with E-state index in [1.165, 1.54) is 11.6 Å². The lowest BCUT2D eigenvalue weighted by Gasteiger charge is -2.37. The van der Waals surface area contributed by atoms with E-state index in [0.29, 0.717) is 17.0 Å². The SMILES string of the molecule is CN[C@H]1C[C@@H](n2ccc3ccc(N4CCN(c5ccc(S(C)(=O)=O)cc5)CC4)nc32)C1. The van der Waals surface area contributed by atoms with Gasteiger partial charge >= 0.3 is 0 Å². The summed E-state index contributed by atoms with van der Waals surface area (Å²) in [6.45, 7) is 3.54. The Labute approximate surface area is 183 Å². The third-order valence-corrected chi connectivity index (χ3v) is 7.83. The van der Waals surface area contributed by atoms with Gasteiger partial charge in [-0.15, -0.1) is 0 Å². The number of nitrogens with one attached hydrogen (secondary N) is 1. The molecule has 8 heteroatoms. The van der Waals surface area contributed by atoms with Gasteiger partial charge in [0, 0.05) is 61.8 Å². The zero-order chi connectivity index (χ0) is 21.6. The second-order valence-electron chi connectivity index (χ2n) is 8.66. The van der Waals surface area contributed by atoms with Gasteiger partial charge in [0.2, 0.25) is 0 Å². The summed E-state index contributed by atoms with van der Waals surface area (Å²) in [5, 5.41) is 4.55. The van der Waals surface area contributed by atoms with Crippen molar-refractivity contribution in [2.45, 2.75) is 29.8 Å². The molecule has 0 amide bonds. The number of piperazine rings is 1. The van der Waals surface area contributed by atoms with Crippen LogP contribution in [0.4, 0.5) is 11.5 Å². The number of hydrogen-bond donors (Lipinski definition) is 1. The molecule has 0 bridgehead atoms. The number of anilines is 2. The lowest BCUT2D eigenvalue weighted by atomic mass is 9.87. The van der Waals surface area contributed by atoms with Gasteiger partial charge in [0.25, 0.3) is 0 Å². The van der Waals surface area contributed by atoms with E-state index in [4.69, 9.17) is 4.98 Å². The first-order valence-electron chi connectivity index (χ1n) is 10.9. The van der Waals surface area contributed by atoms with Crippen molar-refractivity contribution in [3.63, 3.8) is 0 Å². The Hall–Kier alpha value is -2.58. The van der Waals surface area contributed by atoms with Crippen LogP contribution in [-0.4, -0.2) is 63.5 Å². The maximum absolute atomic E-state index is 11.7. The van der Waals surface area contributed by atoms with E-state index < -0.39 is 9.84 Å². The topological polar surface area (TPSA) is 70.5 Å². The van der Waals surface area contributed by atoms with Gasteiger partial charge in [-0.1, -0.05) is 0 Å². The molecule has 1 aliphatic heterocycles. The maximum Gasteiger partial charge on any atom is 0.175 e. The number of benzene rings is 1. The summed E-state index contributed by atoms with van der Waals surface area (Å²) in [6, 6.07) is 14.8. The third-order valence-electron chi connectivity index (χ3n) is 6.70. The first-order valence-corrected chi connectivity index (χ1v) is 12.8. The summed E-state index contributed by atoms with van der Waals surface area (Å²) in [4.78, 5) is 10.0. The van der Waals surface area contributed by atoms with E-state index >= 15 is 0 Å². The lowest BCUT2D eigenvalue weighted by molar-refractivity contribution is 0.240. The molecule has 0 atom stereocenters. The van der Waals surface area contributed by atoms with E-state index in [2.05, 4.69) is 44.1 Å². The molecule has 3 aromatic rings. The highest BCUT2D eigenvalue weighted by atomic mass is 32.2. The molecule has 0 radical (unpaired) electrons. The van der Waals surface area contributed by atoms with Crippen molar-refractivity contribution in [1.29, 1.82) is 0 Å². The number of rotatable bonds is 5. The number of sulfone groups is 1. The summed E-state index contributed by atoms with van der Waals surface area (Å²) < 4.78 is 25.7. The quantitative estimate of drug-likeness (QED) is 0.659. The molecule has 2 aromatic heterocycles. The minimum atomic E-state index is -3.16. The predicted molar refractivity (Wildman–Crippen MR) is 125 cm³/mol. The summed E-state index contributed by atoms with van der Waals surface area (Å²) in [6.07, 6.45) is 5.73. The molecule has 1 saturated carbocycles. The van der Waals surface area contributed by atoms with E-state index in [-0.39, 0.29) is 0 Å². The van der Waals surface area contributed by atoms with Gasteiger partial charge in [-0.25, -0.2) is 13.4 Å². The fraction of sp³-hybridized carbons (Fsp3) is 0.435. The number of hydrogen-bond acceptors (Lipinski definition) is 6. The maximum atomic E-state index is 11.7. The Balaban J connectivity index is 1.28. The zero-order valence-electron chi connectivity index (χ0n) is 18.0. The number of nitrogens with zero attached hydrogens (tertiary/aromatic N) is 4. The van der Waals surface area contributed by atoms with Crippen LogP contribution in [0.1, 0.15) is 18.9 Å². The highest BCUT2D eigenvalue weighted by molar-refractivity contribution is 7.90. The lowest BCUT2D eigenvalue weighted by Crippen LogP contribution is -2.46. The van der Waals surface area contributed by atoms with Crippen molar-refractivity contribution in [3.05, 3.63) is 48.7 Å². The molecule has 1 aliphatic carbocycles. The number of pyridine rings is 1. The minimum Gasteiger partial charge on any atom is -0.368 e. The van der Waals surface area contributed by atoms with Crippen LogP contribution in [0, 0.1) is 0 Å². The minimum absolute atomic E-state index is 0.364. The van der Waals surface area contributed by atoms with Crippen molar-refractivity contribution in [2.24, 2.45) is 0 Å². The van der Waals surface area contributed by atoms with Gasteiger partial charge in [-0.05, 0) is 62.4 Å². The Morgan fingerprint density at radius 2 is 1.61 bits per heavy atom. The molecule has 164 valence electrons. The Bertz CT molecular complexity index is 1170. The van der Waals surface area contributed by atoms with E-state index in [0.717, 1.165) is 56.2 Å². The van der Waals surface area contributed by atoms with Crippen LogP contribution >= 0.6 is 0 Å². The van der Waals surface area contributed by atoms with Crippen molar-refractivity contribution < 1.29 is 8.42 Å². The third kappa shape index (κ3) is 3.90. The largest absolute Gasteiger partial charge is 0.368 e. The Kier molecular flexibility index (Phi) is 5.14. The fourth-order valence-electron chi connectivity index (χ4n) is 4.64. The van der Waals surface area contributed by atoms with Crippen LogP contribution in [0.25, 0.3) is 11.0 Å². The summed E-state index contributed by atoms with van der Waals surface area (Å²) in [5.41, 5.74) is 2.14. The van der Waals surface area contributed by atoms with Crippen LogP contribution in [0.5, 0.6) is 0 Å². The molecule has 2 aliphatic rings. The molecular weight excluding hydrogens is 410 g/mol. The van der Waals surface area contributed by atoms with Crippen LogP contribution < -0.4 is 15.1 Å². The van der Waals surface area contributed by atoms with Gasteiger partial charge in [0.05, 0.1) is 4.90 Å². The molecule has 7 nitrogen and oxygen atoms in total. The van der Waals surface area contributed by atoms with Crippen molar-refractivity contribution in [3.8, 4) is 0 Å². The number of fused-ring (bicyclic) bond motifs is 1. The van der Waals surface area contributed by atoms with E-state index in [1.807, 2.05) is 19.2 Å². The van der Waals surface area contributed by atoms with Crippen LogP contribution in [0.15, 0.2) is 53.6 Å². The van der Waals surface area contributed by atoms with Crippen molar-refractivity contribution >= 4 is 32.4 Å². The zero-order valence-corrected chi connectivity index (χ0v) is 18.8. The molecular formula is C23H29N5O2S. The molecule has 31 heavy (non-hydrogen) atoms. The molecule has 1 saturated heterocycles. The molecule has 1 aromatic carbocycles. The van der Waals surface area contributed by atoms with Gasteiger partial charge < -0.3 is 19.7 Å².